The summed E-state index contributed by atoms with van der Waals surface area (Å²) in [6.45, 7) is 10.5. The second-order valence-electron chi connectivity index (χ2n) is 9.23. The van der Waals surface area contributed by atoms with Crippen LogP contribution in [0, 0.1) is 19.8 Å². The van der Waals surface area contributed by atoms with Gasteiger partial charge in [-0.25, -0.2) is 0 Å². The number of carbonyl (C=O) groups excluding carboxylic acids is 1. The third-order valence-electron chi connectivity index (χ3n) is 7.23. The summed E-state index contributed by atoms with van der Waals surface area (Å²) in [5.74, 6) is 0.641. The van der Waals surface area contributed by atoms with Crippen LogP contribution in [0.2, 0.25) is 0 Å². The lowest BCUT2D eigenvalue weighted by molar-refractivity contribution is 0.0589. The quantitative estimate of drug-likeness (QED) is 0.461. The standard InChI is InChI=1S/C27H36N4OS/c1-5-31-21(3)24(20(2)28-31)19-30-15-13-23(14-16-30)25(18-22-10-7-6-8-11-22)29(4)27(32)26-12-9-17-33-26/h6-12,17,23,25H,5,13-16,18-19H2,1-4H3. The predicted molar refractivity (Wildman–Crippen MR) is 136 cm³/mol. The van der Waals surface area contributed by atoms with Crippen molar-refractivity contribution < 1.29 is 4.79 Å². The van der Waals surface area contributed by atoms with E-state index < -0.39 is 0 Å². The zero-order valence-electron chi connectivity index (χ0n) is 20.3. The van der Waals surface area contributed by atoms with E-state index in [4.69, 9.17) is 5.10 Å². The molecule has 4 rings (SSSR count). The molecule has 176 valence electrons. The number of aromatic nitrogens is 2. The lowest BCUT2D eigenvalue weighted by atomic mass is 9.84. The van der Waals surface area contributed by atoms with E-state index in [9.17, 15) is 4.79 Å². The molecule has 33 heavy (non-hydrogen) atoms. The van der Waals surface area contributed by atoms with Crippen LogP contribution in [-0.4, -0.2) is 51.7 Å². The number of hydrogen-bond acceptors (Lipinski definition) is 4. The molecule has 1 atom stereocenters. The molecule has 0 N–H and O–H groups in total. The Kier molecular flexibility index (Phi) is 7.66. The number of likely N-dealkylation sites (tertiary alicyclic amines) is 1. The van der Waals surface area contributed by atoms with E-state index in [1.165, 1.54) is 28.2 Å². The van der Waals surface area contributed by atoms with Gasteiger partial charge >= 0.3 is 0 Å². The Morgan fingerprint density at radius 1 is 1.15 bits per heavy atom. The minimum absolute atomic E-state index is 0.145. The molecule has 3 aromatic rings. The van der Waals surface area contributed by atoms with E-state index in [1.807, 2.05) is 29.5 Å². The molecule has 1 saturated heterocycles. The largest absolute Gasteiger partial charge is 0.337 e. The fourth-order valence-corrected chi connectivity index (χ4v) is 5.90. The van der Waals surface area contributed by atoms with Crippen molar-refractivity contribution in [3.05, 3.63) is 75.2 Å². The molecule has 0 saturated carbocycles. The van der Waals surface area contributed by atoms with Crippen molar-refractivity contribution in [2.24, 2.45) is 5.92 Å². The molecule has 1 amide bonds. The van der Waals surface area contributed by atoms with Gasteiger partial charge in [0.1, 0.15) is 0 Å². The third-order valence-corrected chi connectivity index (χ3v) is 8.08. The molecule has 1 fully saturated rings. The Bertz CT molecular complexity index is 1040. The zero-order chi connectivity index (χ0) is 23.4. The first-order valence-electron chi connectivity index (χ1n) is 12.1. The van der Waals surface area contributed by atoms with Crippen LogP contribution in [0.4, 0.5) is 0 Å². The minimum atomic E-state index is 0.145. The van der Waals surface area contributed by atoms with Gasteiger partial charge in [-0.15, -0.1) is 11.3 Å². The van der Waals surface area contributed by atoms with Crippen LogP contribution in [0.3, 0.4) is 0 Å². The summed E-state index contributed by atoms with van der Waals surface area (Å²) in [4.78, 5) is 18.6. The Balaban J connectivity index is 1.46. The molecule has 2 aromatic heterocycles. The molecule has 0 aliphatic carbocycles. The highest BCUT2D eigenvalue weighted by Crippen LogP contribution is 2.29. The van der Waals surface area contributed by atoms with Crippen LogP contribution in [0.5, 0.6) is 0 Å². The van der Waals surface area contributed by atoms with Gasteiger partial charge in [-0.2, -0.15) is 5.10 Å². The minimum Gasteiger partial charge on any atom is -0.337 e. The van der Waals surface area contributed by atoms with Crippen molar-refractivity contribution in [3.63, 3.8) is 0 Å². The van der Waals surface area contributed by atoms with E-state index in [0.29, 0.717) is 5.92 Å². The zero-order valence-corrected chi connectivity index (χ0v) is 21.1. The van der Waals surface area contributed by atoms with Gasteiger partial charge in [-0.3, -0.25) is 14.4 Å². The van der Waals surface area contributed by atoms with Crippen LogP contribution in [0.25, 0.3) is 0 Å². The maximum atomic E-state index is 13.2. The van der Waals surface area contributed by atoms with Crippen LogP contribution in [0.15, 0.2) is 47.8 Å². The first-order valence-corrected chi connectivity index (χ1v) is 13.0. The highest BCUT2D eigenvalue weighted by Gasteiger charge is 2.32. The monoisotopic (exact) mass is 464 g/mol. The van der Waals surface area contributed by atoms with Gasteiger partial charge in [0.05, 0.1) is 10.6 Å². The van der Waals surface area contributed by atoms with Gasteiger partial charge < -0.3 is 4.90 Å². The van der Waals surface area contributed by atoms with E-state index >= 15 is 0 Å². The number of benzene rings is 1. The lowest BCUT2D eigenvalue weighted by Gasteiger charge is -2.40. The summed E-state index contributed by atoms with van der Waals surface area (Å²) >= 11 is 1.53. The average molecular weight is 465 g/mol. The molecular weight excluding hydrogens is 428 g/mol. The second-order valence-corrected chi connectivity index (χ2v) is 10.2. The summed E-state index contributed by atoms with van der Waals surface area (Å²) in [7, 11) is 1.99. The summed E-state index contributed by atoms with van der Waals surface area (Å²) in [6.07, 6.45) is 3.12. The molecule has 0 bridgehead atoms. The van der Waals surface area contributed by atoms with Gasteiger partial charge in [-0.05, 0) is 76.1 Å². The van der Waals surface area contributed by atoms with E-state index in [2.05, 4.69) is 60.7 Å². The fourth-order valence-electron chi connectivity index (χ4n) is 5.19. The van der Waals surface area contributed by atoms with Gasteiger partial charge in [0.15, 0.2) is 0 Å². The maximum Gasteiger partial charge on any atom is 0.263 e. The summed E-state index contributed by atoms with van der Waals surface area (Å²) in [5, 5.41) is 6.68. The molecule has 6 heteroatoms. The second kappa shape index (κ2) is 10.7. The topological polar surface area (TPSA) is 41.4 Å². The number of carbonyl (C=O) groups is 1. The Hall–Kier alpha value is -2.44. The van der Waals surface area contributed by atoms with Crippen LogP contribution in [0.1, 0.15) is 52.0 Å². The number of amides is 1. The first kappa shape index (κ1) is 23.7. The highest BCUT2D eigenvalue weighted by atomic mass is 32.1. The molecule has 3 heterocycles. The molecular formula is C27H36N4OS. The summed E-state index contributed by atoms with van der Waals surface area (Å²) in [6, 6.07) is 14.7. The number of rotatable bonds is 8. The van der Waals surface area contributed by atoms with Crippen molar-refractivity contribution in [1.82, 2.24) is 19.6 Å². The number of hydrogen-bond donors (Lipinski definition) is 0. The van der Waals surface area contributed by atoms with Crippen molar-refractivity contribution in [1.29, 1.82) is 0 Å². The molecule has 1 aliphatic rings. The molecule has 1 aliphatic heterocycles. The lowest BCUT2D eigenvalue weighted by Crippen LogP contribution is -2.47. The van der Waals surface area contributed by atoms with Crippen LogP contribution < -0.4 is 0 Å². The van der Waals surface area contributed by atoms with Crippen molar-refractivity contribution in [3.8, 4) is 0 Å². The van der Waals surface area contributed by atoms with Crippen molar-refractivity contribution >= 4 is 17.2 Å². The van der Waals surface area contributed by atoms with Gasteiger partial charge in [0.25, 0.3) is 5.91 Å². The smallest absolute Gasteiger partial charge is 0.263 e. The predicted octanol–water partition coefficient (Wildman–Crippen LogP) is 5.18. The Morgan fingerprint density at radius 3 is 2.48 bits per heavy atom. The average Bonchev–Trinajstić information content (AvgIpc) is 3.47. The SMILES string of the molecule is CCn1nc(C)c(CN2CCC(C(Cc3ccccc3)N(C)C(=O)c3cccs3)CC2)c1C. The van der Waals surface area contributed by atoms with Gasteiger partial charge in [-0.1, -0.05) is 36.4 Å². The molecule has 1 aromatic carbocycles. The molecule has 0 radical (unpaired) electrons. The van der Waals surface area contributed by atoms with Crippen molar-refractivity contribution in [2.45, 2.75) is 59.2 Å². The first-order chi connectivity index (χ1) is 16.0. The highest BCUT2D eigenvalue weighted by molar-refractivity contribution is 7.12. The number of likely N-dealkylation sites (N-methyl/N-ethyl adjacent to an activating group) is 1. The molecule has 5 nitrogen and oxygen atoms in total. The van der Waals surface area contributed by atoms with Crippen LogP contribution >= 0.6 is 11.3 Å². The molecule has 0 spiro atoms. The summed E-state index contributed by atoms with van der Waals surface area (Å²) < 4.78 is 2.11. The van der Waals surface area contributed by atoms with Gasteiger partial charge in [0.2, 0.25) is 0 Å². The van der Waals surface area contributed by atoms with E-state index in [-0.39, 0.29) is 11.9 Å². The Morgan fingerprint density at radius 2 is 1.88 bits per heavy atom. The van der Waals surface area contributed by atoms with Crippen molar-refractivity contribution in [2.75, 3.05) is 20.1 Å². The number of piperidine rings is 1. The fraction of sp³-hybridized carbons (Fsp3) is 0.481. The molecule has 1 unspecified atom stereocenters. The van der Waals surface area contributed by atoms with Gasteiger partial charge in [0, 0.05) is 37.4 Å². The van der Waals surface area contributed by atoms with E-state index in [0.717, 1.165) is 56.0 Å². The van der Waals surface area contributed by atoms with Crippen LogP contribution in [-0.2, 0) is 19.5 Å². The summed E-state index contributed by atoms with van der Waals surface area (Å²) in [5.41, 5.74) is 5.12. The number of nitrogens with zero attached hydrogens (tertiary/aromatic N) is 4. The Labute approximate surface area is 202 Å². The number of aryl methyl sites for hydroxylation is 2. The normalized spacial score (nSPS) is 16.1. The third kappa shape index (κ3) is 5.39. The number of thiophene rings is 1. The maximum absolute atomic E-state index is 13.2. The van der Waals surface area contributed by atoms with E-state index in [1.54, 1.807) is 0 Å².